The van der Waals surface area contributed by atoms with Crippen LogP contribution in [0.4, 0.5) is 13.2 Å². The molecular weight excluding hydrogens is 538 g/mol. The fourth-order valence-corrected chi connectivity index (χ4v) is 4.58. The van der Waals surface area contributed by atoms with Crippen molar-refractivity contribution in [3.8, 4) is 0 Å². The molecule has 1 aliphatic carbocycles. The molecule has 9 heteroatoms. The molecule has 0 spiro atoms. The highest BCUT2D eigenvalue weighted by molar-refractivity contribution is 6.32. The number of halogens is 5. The molecule has 0 aromatic heterocycles. The van der Waals surface area contributed by atoms with Crippen molar-refractivity contribution in [2.24, 2.45) is 0 Å². The number of ether oxygens (including phenoxy) is 2. The van der Waals surface area contributed by atoms with E-state index in [0.717, 1.165) is 17.2 Å². The zero-order valence-electron chi connectivity index (χ0n) is 21.2. The molecule has 1 atom stereocenters. The average Bonchev–Trinajstić information content (AvgIpc) is 2.87. The fraction of sp³-hybridized carbons (Fsp3) is 0.345. The van der Waals surface area contributed by atoms with Gasteiger partial charge in [0.15, 0.2) is 0 Å². The Kier molecular flexibility index (Phi) is 10.9. The van der Waals surface area contributed by atoms with Crippen LogP contribution in [0.3, 0.4) is 0 Å². The van der Waals surface area contributed by atoms with Gasteiger partial charge in [0.1, 0.15) is 5.76 Å². The fourth-order valence-electron chi connectivity index (χ4n) is 4.16. The van der Waals surface area contributed by atoms with Gasteiger partial charge in [0.25, 0.3) is 0 Å². The van der Waals surface area contributed by atoms with E-state index in [1.807, 2.05) is 36.4 Å². The molecule has 3 rings (SSSR count). The van der Waals surface area contributed by atoms with Crippen molar-refractivity contribution in [3.05, 3.63) is 105 Å². The first-order valence-corrected chi connectivity index (χ1v) is 12.9. The van der Waals surface area contributed by atoms with Crippen molar-refractivity contribution < 1.29 is 27.4 Å². The zero-order valence-corrected chi connectivity index (χ0v) is 22.7. The van der Waals surface area contributed by atoms with E-state index in [2.05, 4.69) is 16.6 Å². The number of benzene rings is 2. The van der Waals surface area contributed by atoms with Crippen LogP contribution in [0.15, 0.2) is 78.1 Å². The highest BCUT2D eigenvalue weighted by atomic mass is 35.5. The van der Waals surface area contributed by atoms with E-state index < -0.39 is 17.7 Å². The minimum absolute atomic E-state index is 0.104. The standard InChI is InChI=1S/C29H30Cl2F3NO3/c1-20(22-10-12-24(30)13-11-22)18-35(19-23-7-4-9-26(28(23)31)29(32,33)34)14-5-15-38-25-8-3-6-21(16-25)17-27(36)37-2/h3-4,7-13,16-17,20H,5-6,14-15,18-19H2,1-2H3. The number of allylic oxidation sites excluding steroid dienone is 4. The average molecular weight is 568 g/mol. The number of carbonyl (C=O) groups excluding carboxylic acids is 1. The SMILES string of the molecule is COC(=O)C=C1C=C(OCCCN(Cc2cccc(C(F)(F)F)c2Cl)CC(C)c2ccc(Cl)cc2)C=CC1. The molecule has 0 radical (unpaired) electrons. The van der Waals surface area contributed by atoms with Gasteiger partial charge in [-0.15, -0.1) is 0 Å². The third-order valence-electron chi connectivity index (χ3n) is 6.10. The molecule has 2 aromatic rings. The van der Waals surface area contributed by atoms with E-state index in [9.17, 15) is 18.0 Å². The molecule has 0 saturated carbocycles. The Balaban J connectivity index is 1.69. The maximum Gasteiger partial charge on any atom is 0.417 e. The predicted molar refractivity (Wildman–Crippen MR) is 144 cm³/mol. The van der Waals surface area contributed by atoms with E-state index in [4.69, 9.17) is 27.9 Å². The summed E-state index contributed by atoms with van der Waals surface area (Å²) in [5, 5.41) is 0.365. The van der Waals surface area contributed by atoms with E-state index in [0.29, 0.717) is 48.9 Å². The van der Waals surface area contributed by atoms with Crippen LogP contribution >= 0.6 is 23.2 Å². The molecule has 0 bridgehead atoms. The van der Waals surface area contributed by atoms with Crippen LogP contribution in [0, 0.1) is 0 Å². The van der Waals surface area contributed by atoms with Gasteiger partial charge in [0.2, 0.25) is 0 Å². The molecule has 0 heterocycles. The number of alkyl halides is 3. The highest BCUT2D eigenvalue weighted by Crippen LogP contribution is 2.36. The van der Waals surface area contributed by atoms with Crippen LogP contribution in [0.1, 0.15) is 42.4 Å². The van der Waals surface area contributed by atoms with Gasteiger partial charge < -0.3 is 9.47 Å². The van der Waals surface area contributed by atoms with Crippen molar-refractivity contribution in [2.45, 2.75) is 38.4 Å². The molecule has 0 N–H and O–H groups in total. The minimum Gasteiger partial charge on any atom is -0.494 e. The first-order chi connectivity index (χ1) is 18.1. The molecule has 0 saturated heterocycles. The summed E-state index contributed by atoms with van der Waals surface area (Å²) in [4.78, 5) is 13.6. The van der Waals surface area contributed by atoms with Crippen molar-refractivity contribution >= 4 is 29.2 Å². The summed E-state index contributed by atoms with van der Waals surface area (Å²) in [6.45, 7) is 3.89. The Morgan fingerprint density at radius 2 is 1.89 bits per heavy atom. The highest BCUT2D eigenvalue weighted by Gasteiger charge is 2.34. The van der Waals surface area contributed by atoms with Gasteiger partial charge >= 0.3 is 12.1 Å². The van der Waals surface area contributed by atoms with E-state index >= 15 is 0 Å². The number of esters is 1. The molecule has 2 aromatic carbocycles. The predicted octanol–water partition coefficient (Wildman–Crippen LogP) is 7.97. The molecule has 1 aliphatic rings. The quantitative estimate of drug-likeness (QED) is 0.157. The largest absolute Gasteiger partial charge is 0.494 e. The van der Waals surface area contributed by atoms with Gasteiger partial charge in [-0.05, 0) is 65.8 Å². The van der Waals surface area contributed by atoms with Gasteiger partial charge in [-0.25, -0.2) is 4.79 Å². The maximum absolute atomic E-state index is 13.4. The van der Waals surface area contributed by atoms with Gasteiger partial charge in [-0.1, -0.05) is 60.5 Å². The monoisotopic (exact) mass is 567 g/mol. The Labute approximate surface area is 231 Å². The summed E-state index contributed by atoms with van der Waals surface area (Å²) < 4.78 is 50.8. The Morgan fingerprint density at radius 3 is 2.58 bits per heavy atom. The number of hydrogen-bond acceptors (Lipinski definition) is 4. The van der Waals surface area contributed by atoms with Crippen LogP contribution in [-0.2, 0) is 27.0 Å². The molecule has 0 amide bonds. The van der Waals surface area contributed by atoms with Crippen LogP contribution in [0.2, 0.25) is 10.0 Å². The second kappa shape index (κ2) is 13.9. The number of rotatable bonds is 11. The first kappa shape index (κ1) is 29.8. The summed E-state index contributed by atoms with van der Waals surface area (Å²) in [5.41, 5.74) is 1.44. The number of nitrogens with zero attached hydrogens (tertiary/aromatic N) is 1. The summed E-state index contributed by atoms with van der Waals surface area (Å²) in [5.74, 6) is 0.311. The lowest BCUT2D eigenvalue weighted by Gasteiger charge is -2.27. The molecule has 4 nitrogen and oxygen atoms in total. The third kappa shape index (κ3) is 8.93. The van der Waals surface area contributed by atoms with E-state index in [1.165, 1.54) is 19.3 Å². The van der Waals surface area contributed by atoms with Crippen molar-refractivity contribution in [2.75, 3.05) is 26.8 Å². The van der Waals surface area contributed by atoms with E-state index in [1.54, 1.807) is 12.1 Å². The smallest absolute Gasteiger partial charge is 0.417 e. The normalized spacial score (nSPS) is 15.5. The zero-order chi connectivity index (χ0) is 27.7. The third-order valence-corrected chi connectivity index (χ3v) is 6.80. The van der Waals surface area contributed by atoms with Gasteiger partial charge in [0.05, 0.1) is 24.3 Å². The second-order valence-electron chi connectivity index (χ2n) is 9.06. The molecule has 1 unspecified atom stereocenters. The number of methoxy groups -OCH3 is 1. The summed E-state index contributed by atoms with van der Waals surface area (Å²) in [6, 6.07) is 11.6. The minimum atomic E-state index is -4.52. The van der Waals surface area contributed by atoms with Crippen molar-refractivity contribution in [1.82, 2.24) is 4.90 Å². The topological polar surface area (TPSA) is 38.8 Å². The van der Waals surface area contributed by atoms with Gasteiger partial charge in [-0.3, -0.25) is 4.90 Å². The lowest BCUT2D eigenvalue weighted by molar-refractivity contribution is -0.137. The maximum atomic E-state index is 13.4. The molecular formula is C29H30Cl2F3NO3. The molecule has 204 valence electrons. The van der Waals surface area contributed by atoms with Crippen LogP contribution in [-0.4, -0.2) is 37.7 Å². The Morgan fingerprint density at radius 1 is 1.16 bits per heavy atom. The summed E-state index contributed by atoms with van der Waals surface area (Å²) in [6.07, 6.45) is 3.68. The number of carbonyl (C=O) groups is 1. The van der Waals surface area contributed by atoms with Crippen molar-refractivity contribution in [3.63, 3.8) is 0 Å². The van der Waals surface area contributed by atoms with Crippen LogP contribution < -0.4 is 0 Å². The first-order valence-electron chi connectivity index (χ1n) is 12.2. The number of hydrogen-bond donors (Lipinski definition) is 0. The van der Waals surface area contributed by atoms with Gasteiger partial charge in [-0.2, -0.15) is 13.2 Å². The lowest BCUT2D eigenvalue weighted by Crippen LogP contribution is -2.29. The van der Waals surface area contributed by atoms with E-state index in [-0.39, 0.29) is 17.5 Å². The molecule has 0 fully saturated rings. The van der Waals surface area contributed by atoms with Crippen LogP contribution in [0.25, 0.3) is 0 Å². The van der Waals surface area contributed by atoms with Crippen LogP contribution in [0.5, 0.6) is 0 Å². The van der Waals surface area contributed by atoms with Gasteiger partial charge in [0, 0.05) is 30.7 Å². The summed E-state index contributed by atoms with van der Waals surface area (Å²) in [7, 11) is 1.32. The Hall–Kier alpha value is -2.74. The lowest BCUT2D eigenvalue weighted by atomic mass is 10.00. The molecule has 0 aliphatic heterocycles. The second-order valence-corrected chi connectivity index (χ2v) is 9.88. The Bertz CT molecular complexity index is 1190. The summed E-state index contributed by atoms with van der Waals surface area (Å²) >= 11 is 12.2. The molecule has 38 heavy (non-hydrogen) atoms. The van der Waals surface area contributed by atoms with Crippen molar-refractivity contribution in [1.29, 1.82) is 0 Å².